The lowest BCUT2D eigenvalue weighted by Gasteiger charge is -2.17. The molecule has 2 rings (SSSR count). The monoisotopic (exact) mass is 257 g/mol. The molecule has 0 saturated heterocycles. The fourth-order valence-corrected chi connectivity index (χ4v) is 1.88. The zero-order valence-corrected chi connectivity index (χ0v) is 9.60. The van der Waals surface area contributed by atoms with Gasteiger partial charge in [0, 0.05) is 12.6 Å². The summed E-state index contributed by atoms with van der Waals surface area (Å²) in [5.74, 6) is -2.87. The molecule has 6 nitrogen and oxygen atoms in total. The van der Waals surface area contributed by atoms with Crippen molar-refractivity contribution in [1.82, 2.24) is 0 Å². The molecule has 1 unspecified atom stereocenters. The highest BCUT2D eigenvalue weighted by molar-refractivity contribution is 5.80. The Balaban J connectivity index is 2.66. The number of hydrogen-bond donors (Lipinski definition) is 2. The molecule has 0 bridgehead atoms. The molecule has 18 heavy (non-hydrogen) atoms. The largest absolute Gasteiger partial charge is 0.493 e. The van der Waals surface area contributed by atoms with Crippen LogP contribution < -0.4 is 19.9 Å². The fraction of sp³-hybridized carbons (Fsp3) is 0.364. The van der Waals surface area contributed by atoms with Gasteiger partial charge in [-0.2, -0.15) is 0 Å². The van der Waals surface area contributed by atoms with E-state index in [9.17, 15) is 9.18 Å². The van der Waals surface area contributed by atoms with Gasteiger partial charge < -0.3 is 25.1 Å². The number of hydrogen-bond acceptors (Lipinski definition) is 5. The van der Waals surface area contributed by atoms with E-state index in [4.69, 9.17) is 25.1 Å². The number of carboxylic acids is 1. The molecule has 1 aliphatic rings. The van der Waals surface area contributed by atoms with Crippen molar-refractivity contribution in [2.45, 2.75) is 5.92 Å². The molecule has 1 atom stereocenters. The lowest BCUT2D eigenvalue weighted by atomic mass is 9.96. The first kappa shape index (κ1) is 12.4. The van der Waals surface area contributed by atoms with Gasteiger partial charge in [-0.1, -0.05) is 0 Å². The average Bonchev–Trinajstić information content (AvgIpc) is 2.76. The predicted molar refractivity (Wildman–Crippen MR) is 58.5 cm³/mol. The lowest BCUT2D eigenvalue weighted by molar-refractivity contribution is -0.138. The number of halogens is 1. The zero-order chi connectivity index (χ0) is 13.3. The molecular formula is C11H12FNO5. The Morgan fingerprint density at radius 1 is 1.67 bits per heavy atom. The van der Waals surface area contributed by atoms with E-state index in [0.29, 0.717) is 0 Å². The molecule has 1 aromatic carbocycles. The van der Waals surface area contributed by atoms with Gasteiger partial charge >= 0.3 is 5.97 Å². The second kappa shape index (κ2) is 4.69. The topological polar surface area (TPSA) is 91.0 Å². The Morgan fingerprint density at radius 2 is 2.39 bits per heavy atom. The van der Waals surface area contributed by atoms with Gasteiger partial charge in [0.2, 0.25) is 6.79 Å². The Bertz CT molecular complexity index is 487. The molecule has 1 aromatic rings. The van der Waals surface area contributed by atoms with Crippen molar-refractivity contribution in [3.63, 3.8) is 0 Å². The molecule has 7 heteroatoms. The molecule has 0 spiro atoms. The van der Waals surface area contributed by atoms with Crippen molar-refractivity contribution in [3.05, 3.63) is 17.4 Å². The first-order chi connectivity index (χ1) is 8.60. The number of rotatable bonds is 4. The SMILES string of the molecule is COc1c(F)cc2c(c1C(CN)C(=O)O)OCO2. The minimum atomic E-state index is -1.18. The molecule has 0 aliphatic carbocycles. The molecule has 98 valence electrons. The number of aliphatic carboxylic acids is 1. The summed E-state index contributed by atoms with van der Waals surface area (Å²) in [4.78, 5) is 11.2. The minimum absolute atomic E-state index is 0.0694. The Morgan fingerprint density at radius 3 is 2.94 bits per heavy atom. The van der Waals surface area contributed by atoms with Gasteiger partial charge in [-0.15, -0.1) is 0 Å². The molecule has 0 radical (unpaired) electrons. The maximum Gasteiger partial charge on any atom is 0.312 e. The summed E-state index contributed by atoms with van der Waals surface area (Å²) < 4.78 is 28.9. The van der Waals surface area contributed by atoms with Gasteiger partial charge in [0.05, 0.1) is 12.7 Å². The predicted octanol–water partition coefficient (Wildman–Crippen LogP) is 0.690. The first-order valence-electron chi connectivity index (χ1n) is 5.19. The average molecular weight is 257 g/mol. The third kappa shape index (κ3) is 1.82. The summed E-state index contributed by atoms with van der Waals surface area (Å²) in [6.07, 6.45) is 0. The first-order valence-corrected chi connectivity index (χ1v) is 5.19. The van der Waals surface area contributed by atoms with Crippen LogP contribution in [0.25, 0.3) is 0 Å². The van der Waals surface area contributed by atoms with Crippen LogP contribution in [0.4, 0.5) is 4.39 Å². The van der Waals surface area contributed by atoms with E-state index in [0.717, 1.165) is 6.07 Å². The number of ether oxygens (including phenoxy) is 3. The van der Waals surface area contributed by atoms with Crippen molar-refractivity contribution in [2.24, 2.45) is 5.73 Å². The van der Waals surface area contributed by atoms with E-state index >= 15 is 0 Å². The van der Waals surface area contributed by atoms with Gasteiger partial charge in [-0.25, -0.2) is 4.39 Å². The lowest BCUT2D eigenvalue weighted by Crippen LogP contribution is -2.22. The summed E-state index contributed by atoms with van der Waals surface area (Å²) in [7, 11) is 1.25. The Kier molecular flexibility index (Phi) is 3.24. The maximum atomic E-state index is 13.8. The zero-order valence-electron chi connectivity index (χ0n) is 9.60. The second-order valence-corrected chi connectivity index (χ2v) is 3.67. The highest BCUT2D eigenvalue weighted by atomic mass is 19.1. The van der Waals surface area contributed by atoms with Crippen LogP contribution in [-0.2, 0) is 4.79 Å². The van der Waals surface area contributed by atoms with E-state index < -0.39 is 17.7 Å². The third-order valence-corrected chi connectivity index (χ3v) is 2.69. The molecule has 0 aromatic heterocycles. The van der Waals surface area contributed by atoms with Crippen molar-refractivity contribution in [2.75, 3.05) is 20.4 Å². The number of methoxy groups -OCH3 is 1. The normalized spacial score (nSPS) is 14.4. The maximum absolute atomic E-state index is 13.8. The van der Waals surface area contributed by atoms with E-state index in [2.05, 4.69) is 0 Å². The van der Waals surface area contributed by atoms with E-state index in [1.54, 1.807) is 0 Å². The molecule has 1 aliphatic heterocycles. The van der Waals surface area contributed by atoms with E-state index in [1.165, 1.54) is 7.11 Å². The van der Waals surface area contributed by atoms with Gasteiger partial charge in [0.15, 0.2) is 23.1 Å². The Labute approximate surface area is 102 Å². The standard InChI is InChI=1S/C11H12FNO5/c1-16-9-6(12)2-7-10(18-4-17-7)8(9)5(3-13)11(14)15/h2,5H,3-4,13H2,1H3,(H,14,15). The molecule has 0 fully saturated rings. The van der Waals surface area contributed by atoms with Crippen LogP contribution in [0.1, 0.15) is 11.5 Å². The molecule has 1 heterocycles. The van der Waals surface area contributed by atoms with Crippen LogP contribution in [0.5, 0.6) is 17.2 Å². The minimum Gasteiger partial charge on any atom is -0.493 e. The van der Waals surface area contributed by atoms with Crippen LogP contribution >= 0.6 is 0 Å². The highest BCUT2D eigenvalue weighted by Crippen LogP contribution is 2.46. The molecule has 0 amide bonds. The molecular weight excluding hydrogens is 245 g/mol. The number of nitrogens with two attached hydrogens (primary N) is 1. The molecule has 0 saturated carbocycles. The van der Waals surface area contributed by atoms with E-state index in [-0.39, 0.29) is 36.1 Å². The second-order valence-electron chi connectivity index (χ2n) is 3.67. The van der Waals surface area contributed by atoms with Crippen molar-refractivity contribution in [3.8, 4) is 17.2 Å². The van der Waals surface area contributed by atoms with Crippen molar-refractivity contribution < 1.29 is 28.5 Å². The van der Waals surface area contributed by atoms with Gasteiger partial charge in [0.25, 0.3) is 0 Å². The van der Waals surface area contributed by atoms with Crippen LogP contribution in [0.2, 0.25) is 0 Å². The highest BCUT2D eigenvalue weighted by Gasteiger charge is 2.33. The summed E-state index contributed by atoms with van der Waals surface area (Å²) >= 11 is 0. The van der Waals surface area contributed by atoms with Crippen LogP contribution in [0.15, 0.2) is 6.07 Å². The number of fused-ring (bicyclic) bond motifs is 1. The van der Waals surface area contributed by atoms with Crippen molar-refractivity contribution in [1.29, 1.82) is 0 Å². The fourth-order valence-electron chi connectivity index (χ4n) is 1.88. The van der Waals surface area contributed by atoms with Crippen molar-refractivity contribution >= 4 is 5.97 Å². The quantitative estimate of drug-likeness (QED) is 0.824. The summed E-state index contributed by atoms with van der Waals surface area (Å²) in [6, 6.07) is 1.10. The Hall–Kier alpha value is -2.02. The number of carbonyl (C=O) groups is 1. The summed E-state index contributed by atoms with van der Waals surface area (Å²) in [5, 5.41) is 9.11. The third-order valence-electron chi connectivity index (χ3n) is 2.69. The van der Waals surface area contributed by atoms with Crippen LogP contribution in [-0.4, -0.2) is 31.5 Å². The summed E-state index contributed by atoms with van der Waals surface area (Å²) in [5.41, 5.74) is 5.49. The van der Waals surface area contributed by atoms with Gasteiger partial charge in [0.1, 0.15) is 5.92 Å². The number of carboxylic acid groups (broad SMARTS) is 1. The number of benzene rings is 1. The van der Waals surface area contributed by atoms with Gasteiger partial charge in [-0.05, 0) is 0 Å². The van der Waals surface area contributed by atoms with Gasteiger partial charge in [-0.3, -0.25) is 4.79 Å². The van der Waals surface area contributed by atoms with E-state index in [1.807, 2.05) is 0 Å². The van der Waals surface area contributed by atoms with Crippen LogP contribution in [0, 0.1) is 5.82 Å². The van der Waals surface area contributed by atoms with Crippen LogP contribution in [0.3, 0.4) is 0 Å². The smallest absolute Gasteiger partial charge is 0.312 e. The summed E-state index contributed by atoms with van der Waals surface area (Å²) in [6.45, 7) is -0.295. The molecule has 3 N–H and O–H groups in total.